The van der Waals surface area contributed by atoms with Crippen LogP contribution in [0.4, 0.5) is 5.69 Å². The molecule has 1 aliphatic rings. The summed E-state index contributed by atoms with van der Waals surface area (Å²) in [6, 6.07) is 3.32. The van der Waals surface area contributed by atoms with E-state index in [4.69, 9.17) is 21.1 Å². The van der Waals surface area contributed by atoms with Gasteiger partial charge in [0.2, 0.25) is 5.91 Å². The predicted molar refractivity (Wildman–Crippen MR) is 88.0 cm³/mol. The fourth-order valence-corrected chi connectivity index (χ4v) is 2.80. The summed E-state index contributed by atoms with van der Waals surface area (Å²) in [7, 11) is 3.08. The van der Waals surface area contributed by atoms with E-state index >= 15 is 0 Å². The number of hydrogen-bond donors (Lipinski definition) is 1. The normalized spacial score (nSPS) is 16.4. The summed E-state index contributed by atoms with van der Waals surface area (Å²) in [6.45, 7) is 4.58. The van der Waals surface area contributed by atoms with E-state index in [0.29, 0.717) is 28.8 Å². The maximum atomic E-state index is 12.2. The zero-order valence-corrected chi connectivity index (χ0v) is 14.1. The van der Waals surface area contributed by atoms with E-state index in [9.17, 15) is 4.79 Å². The van der Waals surface area contributed by atoms with Crippen molar-refractivity contribution in [3.8, 4) is 11.5 Å². The van der Waals surface area contributed by atoms with Crippen LogP contribution in [0.1, 0.15) is 19.8 Å². The number of amides is 1. The summed E-state index contributed by atoms with van der Waals surface area (Å²) >= 11 is 6.06. The van der Waals surface area contributed by atoms with Crippen molar-refractivity contribution in [2.75, 3.05) is 39.2 Å². The molecule has 1 aromatic rings. The van der Waals surface area contributed by atoms with E-state index in [1.54, 1.807) is 19.2 Å². The summed E-state index contributed by atoms with van der Waals surface area (Å²) in [5.41, 5.74) is 0.569. The Morgan fingerprint density at radius 2 is 1.91 bits per heavy atom. The lowest BCUT2D eigenvalue weighted by atomic mass is 9.99. The smallest absolute Gasteiger partial charge is 0.238 e. The van der Waals surface area contributed by atoms with Gasteiger partial charge in [-0.2, -0.15) is 0 Å². The van der Waals surface area contributed by atoms with Crippen molar-refractivity contribution < 1.29 is 14.3 Å². The van der Waals surface area contributed by atoms with E-state index in [1.165, 1.54) is 7.11 Å². The highest BCUT2D eigenvalue weighted by molar-refractivity contribution is 6.32. The number of carbonyl (C=O) groups excluding carboxylic acids is 1. The van der Waals surface area contributed by atoms with Gasteiger partial charge in [-0.25, -0.2) is 0 Å². The van der Waals surface area contributed by atoms with Crippen LogP contribution in [0.25, 0.3) is 0 Å². The van der Waals surface area contributed by atoms with Crippen LogP contribution in [-0.4, -0.2) is 44.7 Å². The van der Waals surface area contributed by atoms with Crippen molar-refractivity contribution in [2.24, 2.45) is 5.92 Å². The van der Waals surface area contributed by atoms with E-state index in [2.05, 4.69) is 17.1 Å². The molecule has 1 amide bonds. The molecule has 0 spiro atoms. The first-order chi connectivity index (χ1) is 10.5. The number of rotatable bonds is 5. The van der Waals surface area contributed by atoms with E-state index in [1.807, 2.05) is 0 Å². The van der Waals surface area contributed by atoms with Crippen LogP contribution in [0.2, 0.25) is 5.02 Å². The van der Waals surface area contributed by atoms with Gasteiger partial charge in [0, 0.05) is 12.1 Å². The first-order valence-electron chi connectivity index (χ1n) is 7.47. The lowest BCUT2D eigenvalue weighted by Gasteiger charge is -2.29. The lowest BCUT2D eigenvalue weighted by molar-refractivity contribution is -0.117. The van der Waals surface area contributed by atoms with Crippen molar-refractivity contribution >= 4 is 23.2 Å². The third kappa shape index (κ3) is 4.27. The van der Waals surface area contributed by atoms with Gasteiger partial charge in [0.05, 0.1) is 31.5 Å². The quantitative estimate of drug-likeness (QED) is 0.903. The molecular weight excluding hydrogens is 304 g/mol. The van der Waals surface area contributed by atoms with Crippen LogP contribution in [0, 0.1) is 5.92 Å². The lowest BCUT2D eigenvalue weighted by Crippen LogP contribution is -2.38. The number of hydrogen-bond acceptors (Lipinski definition) is 4. The van der Waals surface area contributed by atoms with E-state index < -0.39 is 0 Å². The number of likely N-dealkylation sites (tertiary alicyclic amines) is 1. The molecule has 6 heteroatoms. The Labute approximate surface area is 136 Å². The zero-order chi connectivity index (χ0) is 16.1. The first kappa shape index (κ1) is 16.9. The summed E-state index contributed by atoms with van der Waals surface area (Å²) in [6.07, 6.45) is 2.29. The van der Waals surface area contributed by atoms with Gasteiger partial charge in [-0.3, -0.25) is 9.69 Å². The Bertz CT molecular complexity index is 528. The van der Waals surface area contributed by atoms with Crippen LogP contribution in [0.15, 0.2) is 12.1 Å². The molecule has 0 saturated carbocycles. The van der Waals surface area contributed by atoms with Gasteiger partial charge in [-0.05, 0) is 31.8 Å². The van der Waals surface area contributed by atoms with Crippen molar-refractivity contribution in [1.82, 2.24) is 4.90 Å². The summed E-state index contributed by atoms with van der Waals surface area (Å²) < 4.78 is 10.4. The van der Waals surface area contributed by atoms with E-state index in [0.717, 1.165) is 31.8 Å². The third-order valence-electron chi connectivity index (χ3n) is 3.99. The maximum absolute atomic E-state index is 12.2. The zero-order valence-electron chi connectivity index (χ0n) is 13.3. The minimum absolute atomic E-state index is 0.0581. The second-order valence-electron chi connectivity index (χ2n) is 5.69. The number of piperidine rings is 1. The van der Waals surface area contributed by atoms with Gasteiger partial charge in [-0.1, -0.05) is 18.5 Å². The maximum Gasteiger partial charge on any atom is 0.238 e. The van der Waals surface area contributed by atoms with E-state index in [-0.39, 0.29) is 5.91 Å². The number of ether oxygens (including phenoxy) is 2. The molecule has 1 saturated heterocycles. The van der Waals surface area contributed by atoms with Gasteiger partial charge in [0.15, 0.2) is 0 Å². The molecular formula is C16H23ClN2O3. The van der Waals surface area contributed by atoms with Crippen molar-refractivity contribution in [1.29, 1.82) is 0 Å². The number of nitrogens with one attached hydrogen (secondary N) is 1. The fourth-order valence-electron chi connectivity index (χ4n) is 2.57. The molecule has 0 unspecified atom stereocenters. The van der Waals surface area contributed by atoms with Crippen LogP contribution in [0.5, 0.6) is 11.5 Å². The molecule has 1 heterocycles. The number of benzene rings is 1. The Morgan fingerprint density at radius 3 is 2.50 bits per heavy atom. The van der Waals surface area contributed by atoms with Crippen LogP contribution < -0.4 is 14.8 Å². The molecule has 0 aromatic heterocycles. The van der Waals surface area contributed by atoms with Gasteiger partial charge in [0.25, 0.3) is 0 Å². The molecule has 0 bridgehead atoms. The molecule has 1 aliphatic heterocycles. The standard InChI is InChI=1S/C16H23ClN2O3/c1-11-4-6-19(7-5-11)10-16(20)18-13-9-14(21-2)12(17)8-15(13)22-3/h8-9,11H,4-7,10H2,1-3H3,(H,18,20). The number of methoxy groups -OCH3 is 2. The van der Waals surface area contributed by atoms with Crippen molar-refractivity contribution in [2.45, 2.75) is 19.8 Å². The van der Waals surface area contributed by atoms with Crippen LogP contribution in [0.3, 0.4) is 0 Å². The average Bonchev–Trinajstić information content (AvgIpc) is 2.50. The van der Waals surface area contributed by atoms with Gasteiger partial charge in [0.1, 0.15) is 11.5 Å². The highest BCUT2D eigenvalue weighted by atomic mass is 35.5. The first-order valence-corrected chi connectivity index (χ1v) is 7.85. The van der Waals surface area contributed by atoms with Gasteiger partial charge in [-0.15, -0.1) is 0 Å². The monoisotopic (exact) mass is 326 g/mol. The molecule has 1 aromatic carbocycles. The molecule has 0 radical (unpaired) electrons. The number of anilines is 1. The van der Waals surface area contributed by atoms with Crippen molar-refractivity contribution in [3.63, 3.8) is 0 Å². The molecule has 1 fully saturated rings. The van der Waals surface area contributed by atoms with Gasteiger partial charge < -0.3 is 14.8 Å². The molecule has 5 nitrogen and oxygen atoms in total. The molecule has 0 aliphatic carbocycles. The Kier molecular flexibility index (Phi) is 5.91. The molecule has 2 rings (SSSR count). The van der Waals surface area contributed by atoms with Crippen LogP contribution >= 0.6 is 11.6 Å². The minimum atomic E-state index is -0.0581. The third-order valence-corrected chi connectivity index (χ3v) is 4.29. The number of nitrogens with zero attached hydrogens (tertiary/aromatic N) is 1. The number of carbonyl (C=O) groups is 1. The summed E-state index contributed by atoms with van der Waals surface area (Å²) in [5, 5.41) is 3.32. The molecule has 1 N–H and O–H groups in total. The molecule has 22 heavy (non-hydrogen) atoms. The Morgan fingerprint density at radius 1 is 1.27 bits per heavy atom. The topological polar surface area (TPSA) is 50.8 Å². The molecule has 0 atom stereocenters. The number of halogens is 1. The Balaban J connectivity index is 2.01. The molecule has 122 valence electrons. The summed E-state index contributed by atoms with van der Waals surface area (Å²) in [4.78, 5) is 14.4. The summed E-state index contributed by atoms with van der Waals surface area (Å²) in [5.74, 6) is 1.72. The van der Waals surface area contributed by atoms with Gasteiger partial charge >= 0.3 is 0 Å². The largest absolute Gasteiger partial charge is 0.495 e. The fraction of sp³-hybridized carbons (Fsp3) is 0.562. The van der Waals surface area contributed by atoms with Crippen LogP contribution in [-0.2, 0) is 4.79 Å². The SMILES string of the molecule is COc1cc(NC(=O)CN2CCC(C)CC2)c(OC)cc1Cl. The second kappa shape index (κ2) is 7.70. The highest BCUT2D eigenvalue weighted by Gasteiger charge is 2.19. The minimum Gasteiger partial charge on any atom is -0.495 e. The van der Waals surface area contributed by atoms with Crippen molar-refractivity contribution in [3.05, 3.63) is 17.2 Å². The second-order valence-corrected chi connectivity index (χ2v) is 6.10. The highest BCUT2D eigenvalue weighted by Crippen LogP contribution is 2.35. The predicted octanol–water partition coefficient (Wildman–Crippen LogP) is 3.03. The average molecular weight is 327 g/mol. The Hall–Kier alpha value is -1.46.